The van der Waals surface area contributed by atoms with E-state index >= 15 is 0 Å². The Kier molecular flexibility index (Phi) is 5.37. The largest absolute Gasteiger partial charge is 0.507 e. The van der Waals surface area contributed by atoms with Crippen molar-refractivity contribution in [2.45, 2.75) is 13.8 Å². The third-order valence-electron chi connectivity index (χ3n) is 4.01. The Morgan fingerprint density at radius 1 is 1.07 bits per heavy atom. The van der Waals surface area contributed by atoms with E-state index < -0.39 is 5.97 Å². The minimum absolute atomic E-state index is 0.0152. The van der Waals surface area contributed by atoms with E-state index in [2.05, 4.69) is 4.99 Å². The van der Waals surface area contributed by atoms with Gasteiger partial charge in [-0.25, -0.2) is 9.79 Å². The molecule has 138 valence electrons. The third-order valence-corrected chi connectivity index (χ3v) is 5.03. The first-order valence-electron chi connectivity index (χ1n) is 8.26. The molecule has 5 nitrogen and oxygen atoms in total. The number of hydrogen-bond acceptors (Lipinski definition) is 6. The number of esters is 1. The van der Waals surface area contributed by atoms with Crippen LogP contribution in [0.1, 0.15) is 16.7 Å². The van der Waals surface area contributed by atoms with Gasteiger partial charge in [-0.05, 0) is 44.2 Å². The van der Waals surface area contributed by atoms with Gasteiger partial charge < -0.3 is 14.9 Å². The zero-order valence-electron chi connectivity index (χ0n) is 15.2. The van der Waals surface area contributed by atoms with Gasteiger partial charge >= 0.3 is 5.97 Å². The van der Waals surface area contributed by atoms with Crippen LogP contribution in [-0.4, -0.2) is 28.3 Å². The monoisotopic (exact) mass is 381 g/mol. The number of ether oxygens (including phenoxy) is 1. The highest BCUT2D eigenvalue weighted by molar-refractivity contribution is 8.18. The van der Waals surface area contributed by atoms with Crippen LogP contribution >= 0.6 is 11.8 Å². The summed E-state index contributed by atoms with van der Waals surface area (Å²) in [5.41, 5.74) is 3.29. The van der Waals surface area contributed by atoms with Crippen LogP contribution in [0.5, 0.6) is 5.75 Å². The van der Waals surface area contributed by atoms with Crippen LogP contribution in [0.4, 0.5) is 5.69 Å². The first-order valence-corrected chi connectivity index (χ1v) is 9.07. The fourth-order valence-corrected chi connectivity index (χ4v) is 3.58. The Labute approximate surface area is 161 Å². The number of aliphatic hydroxyl groups is 1. The van der Waals surface area contributed by atoms with E-state index in [0.717, 1.165) is 22.9 Å². The Hall–Kier alpha value is -2.99. The van der Waals surface area contributed by atoms with Crippen molar-refractivity contribution in [3.8, 4) is 5.75 Å². The molecule has 0 amide bonds. The molecule has 2 aromatic rings. The molecule has 0 aliphatic carbocycles. The fourth-order valence-electron chi connectivity index (χ4n) is 2.56. The summed E-state index contributed by atoms with van der Waals surface area (Å²) in [7, 11) is 1.25. The fraction of sp³-hybridized carbons (Fsp3) is 0.143. The van der Waals surface area contributed by atoms with Crippen molar-refractivity contribution in [1.29, 1.82) is 0 Å². The second kappa shape index (κ2) is 7.72. The van der Waals surface area contributed by atoms with E-state index in [1.807, 2.05) is 38.1 Å². The van der Waals surface area contributed by atoms with E-state index in [1.54, 1.807) is 24.3 Å². The molecule has 0 unspecified atom stereocenters. The standard InChI is InChI=1S/C21H19NO4S/c1-12-4-7-15(8-5-12)22-20-18(21(25)26-3)19(24)17(27-20)11-14-10-13(2)6-9-16(14)23/h4-11,23-24H,1-3H3. The first kappa shape index (κ1) is 18.8. The summed E-state index contributed by atoms with van der Waals surface area (Å²) in [4.78, 5) is 17.1. The molecule has 0 bridgehead atoms. The van der Waals surface area contributed by atoms with Crippen molar-refractivity contribution in [3.63, 3.8) is 0 Å². The molecule has 1 aliphatic heterocycles. The summed E-state index contributed by atoms with van der Waals surface area (Å²) in [6, 6.07) is 12.7. The maximum absolute atomic E-state index is 12.2. The molecule has 2 N–H and O–H groups in total. The van der Waals surface area contributed by atoms with Gasteiger partial charge in [0.1, 0.15) is 22.1 Å². The van der Waals surface area contributed by atoms with Gasteiger partial charge in [0.25, 0.3) is 0 Å². The van der Waals surface area contributed by atoms with Crippen molar-refractivity contribution >= 4 is 34.5 Å². The molecule has 0 radical (unpaired) electrons. The number of aliphatic hydroxyl groups excluding tert-OH is 1. The summed E-state index contributed by atoms with van der Waals surface area (Å²) in [6.07, 6.45) is 1.63. The van der Waals surface area contributed by atoms with Crippen LogP contribution in [0.15, 0.2) is 63.7 Å². The predicted octanol–water partition coefficient (Wildman–Crippen LogP) is 4.81. The molecule has 0 saturated heterocycles. The zero-order valence-corrected chi connectivity index (χ0v) is 16.0. The van der Waals surface area contributed by atoms with Crippen molar-refractivity contribution in [2.24, 2.45) is 4.99 Å². The maximum atomic E-state index is 12.2. The number of carbonyl (C=O) groups is 1. The van der Waals surface area contributed by atoms with Crippen LogP contribution < -0.4 is 0 Å². The third kappa shape index (κ3) is 4.06. The van der Waals surface area contributed by atoms with E-state index in [0.29, 0.717) is 21.2 Å². The number of nitrogens with zero attached hydrogens (tertiary/aromatic N) is 1. The minimum Gasteiger partial charge on any atom is -0.507 e. The summed E-state index contributed by atoms with van der Waals surface area (Å²) >= 11 is 1.15. The lowest BCUT2D eigenvalue weighted by atomic mass is 10.1. The topological polar surface area (TPSA) is 79.1 Å². The molecule has 2 aromatic carbocycles. The van der Waals surface area contributed by atoms with Gasteiger partial charge in [-0.15, -0.1) is 0 Å². The van der Waals surface area contributed by atoms with Crippen LogP contribution in [0, 0.1) is 13.8 Å². The van der Waals surface area contributed by atoms with Crippen molar-refractivity contribution < 1.29 is 19.7 Å². The number of hydrogen-bond donors (Lipinski definition) is 2. The average molecular weight is 381 g/mol. The van der Waals surface area contributed by atoms with E-state index in [-0.39, 0.29) is 17.1 Å². The second-order valence-electron chi connectivity index (χ2n) is 6.14. The van der Waals surface area contributed by atoms with Crippen molar-refractivity contribution in [2.75, 3.05) is 7.11 Å². The van der Waals surface area contributed by atoms with E-state index in [4.69, 9.17) is 4.74 Å². The summed E-state index contributed by atoms with van der Waals surface area (Å²) in [5, 5.41) is 21.0. The lowest BCUT2D eigenvalue weighted by molar-refractivity contribution is -0.135. The molecular formula is C21H19NO4S. The number of phenols is 1. The molecule has 27 heavy (non-hydrogen) atoms. The second-order valence-corrected chi connectivity index (χ2v) is 7.17. The highest BCUT2D eigenvalue weighted by atomic mass is 32.2. The highest BCUT2D eigenvalue weighted by Crippen LogP contribution is 2.41. The van der Waals surface area contributed by atoms with Gasteiger partial charge in [-0.1, -0.05) is 41.1 Å². The number of carbonyl (C=O) groups excluding carboxylic acids is 1. The van der Waals surface area contributed by atoms with Crippen molar-refractivity contribution in [1.82, 2.24) is 0 Å². The van der Waals surface area contributed by atoms with Gasteiger partial charge in [-0.3, -0.25) is 0 Å². The molecule has 1 heterocycles. The number of methoxy groups -OCH3 is 1. The Bertz CT molecular complexity index is 988. The number of aliphatic imine (C=N–C) groups is 1. The van der Waals surface area contributed by atoms with Gasteiger partial charge in [0.2, 0.25) is 0 Å². The number of benzene rings is 2. The zero-order chi connectivity index (χ0) is 19.6. The Morgan fingerprint density at radius 3 is 2.41 bits per heavy atom. The Balaban J connectivity index is 2.07. The molecule has 0 saturated carbocycles. The molecular weight excluding hydrogens is 362 g/mol. The Morgan fingerprint density at radius 2 is 1.74 bits per heavy atom. The molecule has 6 heteroatoms. The molecule has 3 rings (SSSR count). The van der Waals surface area contributed by atoms with Gasteiger partial charge in [0, 0.05) is 5.56 Å². The van der Waals surface area contributed by atoms with Crippen LogP contribution in [0.2, 0.25) is 0 Å². The average Bonchev–Trinajstić information content (AvgIpc) is 2.94. The van der Waals surface area contributed by atoms with E-state index in [1.165, 1.54) is 7.11 Å². The summed E-state index contributed by atoms with van der Waals surface area (Å²) in [6.45, 7) is 3.88. The van der Waals surface area contributed by atoms with E-state index in [9.17, 15) is 15.0 Å². The SMILES string of the molecule is COC(=O)C1=C(O)C(=Cc2cc(C)ccc2O)SC1=Nc1ccc(C)cc1. The lowest BCUT2D eigenvalue weighted by Gasteiger charge is -2.03. The number of thioether (sulfide) groups is 1. The quantitative estimate of drug-likeness (QED) is 0.746. The predicted molar refractivity (Wildman–Crippen MR) is 108 cm³/mol. The van der Waals surface area contributed by atoms with Gasteiger partial charge in [-0.2, -0.15) is 0 Å². The van der Waals surface area contributed by atoms with Crippen molar-refractivity contribution in [3.05, 3.63) is 75.4 Å². The number of rotatable bonds is 3. The van der Waals surface area contributed by atoms with Crippen LogP contribution in [0.3, 0.4) is 0 Å². The number of phenolic OH excluding ortho intramolecular Hbond substituents is 1. The minimum atomic E-state index is -0.664. The summed E-state index contributed by atoms with van der Waals surface area (Å²) < 4.78 is 4.81. The molecule has 1 aliphatic rings. The maximum Gasteiger partial charge on any atom is 0.344 e. The van der Waals surface area contributed by atoms with Crippen LogP contribution in [-0.2, 0) is 9.53 Å². The smallest absolute Gasteiger partial charge is 0.344 e. The lowest BCUT2D eigenvalue weighted by Crippen LogP contribution is -2.10. The first-order chi connectivity index (χ1) is 12.9. The molecule has 0 aromatic heterocycles. The molecule has 0 fully saturated rings. The van der Waals surface area contributed by atoms with Gasteiger partial charge in [0.15, 0.2) is 0 Å². The highest BCUT2D eigenvalue weighted by Gasteiger charge is 2.33. The van der Waals surface area contributed by atoms with Gasteiger partial charge in [0.05, 0.1) is 17.7 Å². The molecule has 0 atom stereocenters. The summed E-state index contributed by atoms with van der Waals surface area (Å²) in [5.74, 6) is -0.786. The number of aryl methyl sites for hydroxylation is 2. The molecule has 0 spiro atoms. The van der Waals surface area contributed by atoms with Crippen LogP contribution in [0.25, 0.3) is 6.08 Å². The normalized spacial score (nSPS) is 17.0. The number of aromatic hydroxyl groups is 1.